The van der Waals surface area contributed by atoms with Crippen LogP contribution in [0.5, 0.6) is 0 Å². The molecule has 0 aromatic heterocycles. The van der Waals surface area contributed by atoms with Gasteiger partial charge < -0.3 is 4.90 Å². The standard InChI is InChI=1S/C21H21N.Y/c1-16-4-10-19(11-5-16)22(20-12-6-17(2)7-13-20)21-14-8-18(3)9-15-21;/h4-15H,1-3H3;. The van der Waals surface area contributed by atoms with Crippen molar-refractivity contribution >= 4 is 17.1 Å². The molecule has 0 bridgehead atoms. The number of anilines is 3. The van der Waals surface area contributed by atoms with Gasteiger partial charge in [-0.25, -0.2) is 0 Å². The molecule has 3 aromatic rings. The Morgan fingerprint density at radius 3 is 0.870 bits per heavy atom. The van der Waals surface area contributed by atoms with Gasteiger partial charge in [0.2, 0.25) is 0 Å². The molecular formula is C21H21NY. The first-order valence-electron chi connectivity index (χ1n) is 7.63. The second kappa shape index (κ2) is 7.90. The summed E-state index contributed by atoms with van der Waals surface area (Å²) in [5.74, 6) is 0. The van der Waals surface area contributed by atoms with Crippen LogP contribution in [0.15, 0.2) is 72.8 Å². The van der Waals surface area contributed by atoms with Crippen LogP contribution in [0.3, 0.4) is 0 Å². The van der Waals surface area contributed by atoms with Crippen molar-refractivity contribution in [2.24, 2.45) is 0 Å². The van der Waals surface area contributed by atoms with Crippen LogP contribution in [0.2, 0.25) is 0 Å². The van der Waals surface area contributed by atoms with Crippen molar-refractivity contribution < 1.29 is 32.7 Å². The Bertz CT molecular complexity index is 635. The minimum atomic E-state index is 0. The van der Waals surface area contributed by atoms with Crippen molar-refractivity contribution in [1.29, 1.82) is 0 Å². The van der Waals surface area contributed by atoms with Crippen LogP contribution < -0.4 is 4.90 Å². The summed E-state index contributed by atoms with van der Waals surface area (Å²) in [7, 11) is 0. The zero-order valence-corrected chi connectivity index (χ0v) is 16.8. The summed E-state index contributed by atoms with van der Waals surface area (Å²) in [6, 6.07) is 26.0. The van der Waals surface area contributed by atoms with Crippen molar-refractivity contribution in [1.82, 2.24) is 0 Å². The molecule has 113 valence electrons. The van der Waals surface area contributed by atoms with Gasteiger partial charge in [-0.2, -0.15) is 0 Å². The summed E-state index contributed by atoms with van der Waals surface area (Å²) in [5.41, 5.74) is 7.36. The fourth-order valence-corrected chi connectivity index (χ4v) is 2.53. The van der Waals surface area contributed by atoms with Gasteiger partial charge in [0, 0.05) is 49.8 Å². The monoisotopic (exact) mass is 376 g/mol. The van der Waals surface area contributed by atoms with Crippen LogP contribution in [0.1, 0.15) is 16.7 Å². The largest absolute Gasteiger partial charge is 0.311 e. The molecule has 0 atom stereocenters. The minimum absolute atomic E-state index is 0. The third-order valence-corrected chi connectivity index (χ3v) is 3.88. The third-order valence-electron chi connectivity index (χ3n) is 3.88. The predicted octanol–water partition coefficient (Wildman–Crippen LogP) is 6.08. The summed E-state index contributed by atoms with van der Waals surface area (Å²) >= 11 is 0. The summed E-state index contributed by atoms with van der Waals surface area (Å²) in [5, 5.41) is 0. The van der Waals surface area contributed by atoms with E-state index in [4.69, 9.17) is 0 Å². The van der Waals surface area contributed by atoms with E-state index in [-0.39, 0.29) is 32.7 Å². The predicted molar refractivity (Wildman–Crippen MR) is 95.3 cm³/mol. The molecule has 0 saturated heterocycles. The zero-order valence-electron chi connectivity index (χ0n) is 14.0. The molecule has 1 nitrogen and oxygen atoms in total. The van der Waals surface area contributed by atoms with Gasteiger partial charge in [-0.3, -0.25) is 0 Å². The van der Waals surface area contributed by atoms with Gasteiger partial charge in [-0.15, -0.1) is 0 Å². The fraction of sp³-hybridized carbons (Fsp3) is 0.143. The topological polar surface area (TPSA) is 3.24 Å². The second-order valence-corrected chi connectivity index (χ2v) is 5.84. The number of nitrogens with zero attached hydrogens (tertiary/aromatic N) is 1. The molecule has 0 saturated carbocycles. The number of aryl methyl sites for hydroxylation is 3. The van der Waals surface area contributed by atoms with Gasteiger partial charge in [0.1, 0.15) is 0 Å². The van der Waals surface area contributed by atoms with E-state index in [1.165, 1.54) is 33.8 Å². The molecule has 0 unspecified atom stereocenters. The van der Waals surface area contributed by atoms with E-state index in [0.717, 1.165) is 0 Å². The molecule has 0 aliphatic rings. The zero-order chi connectivity index (χ0) is 15.5. The Kier molecular flexibility index (Phi) is 6.15. The van der Waals surface area contributed by atoms with Gasteiger partial charge in [0.25, 0.3) is 0 Å². The minimum Gasteiger partial charge on any atom is -0.311 e. The molecule has 0 fully saturated rings. The van der Waals surface area contributed by atoms with Crippen molar-refractivity contribution in [2.45, 2.75) is 20.8 Å². The number of hydrogen-bond acceptors (Lipinski definition) is 1. The second-order valence-electron chi connectivity index (χ2n) is 5.84. The van der Waals surface area contributed by atoms with E-state index in [0.29, 0.717) is 0 Å². The number of benzene rings is 3. The Hall–Kier alpha value is -1.44. The van der Waals surface area contributed by atoms with Crippen LogP contribution in [0.25, 0.3) is 0 Å². The third kappa shape index (κ3) is 4.31. The van der Waals surface area contributed by atoms with Crippen LogP contribution in [-0.2, 0) is 32.7 Å². The Morgan fingerprint density at radius 1 is 0.435 bits per heavy atom. The van der Waals surface area contributed by atoms with E-state index in [1.54, 1.807) is 0 Å². The van der Waals surface area contributed by atoms with Crippen LogP contribution in [0, 0.1) is 20.8 Å². The Labute approximate surface area is 164 Å². The van der Waals surface area contributed by atoms with Gasteiger partial charge in [-0.05, 0) is 57.2 Å². The maximum absolute atomic E-state index is 2.29. The first-order chi connectivity index (χ1) is 10.6. The van der Waals surface area contributed by atoms with Gasteiger partial charge in [0.05, 0.1) is 0 Å². The average Bonchev–Trinajstić information content (AvgIpc) is 2.53. The number of hydrogen-bond donors (Lipinski definition) is 0. The molecule has 0 heterocycles. The van der Waals surface area contributed by atoms with E-state index in [1.807, 2.05) is 0 Å². The molecule has 0 aliphatic carbocycles. The summed E-state index contributed by atoms with van der Waals surface area (Å²) in [4.78, 5) is 2.29. The average molecular weight is 376 g/mol. The maximum Gasteiger partial charge on any atom is 0.0461 e. The summed E-state index contributed by atoms with van der Waals surface area (Å²) < 4.78 is 0. The van der Waals surface area contributed by atoms with E-state index < -0.39 is 0 Å². The maximum atomic E-state index is 2.29. The molecule has 0 spiro atoms. The molecule has 2 heteroatoms. The van der Waals surface area contributed by atoms with Gasteiger partial charge in [0.15, 0.2) is 0 Å². The first-order valence-corrected chi connectivity index (χ1v) is 7.63. The quantitative estimate of drug-likeness (QED) is 0.536. The van der Waals surface area contributed by atoms with E-state index in [9.17, 15) is 0 Å². The first kappa shape index (κ1) is 17.9. The van der Waals surface area contributed by atoms with Crippen molar-refractivity contribution in [3.8, 4) is 0 Å². The molecule has 0 amide bonds. The molecule has 0 aliphatic heterocycles. The normalized spacial score (nSPS) is 10.0. The van der Waals surface area contributed by atoms with Crippen molar-refractivity contribution in [3.05, 3.63) is 89.5 Å². The fourth-order valence-electron chi connectivity index (χ4n) is 2.53. The Morgan fingerprint density at radius 2 is 0.652 bits per heavy atom. The smallest absolute Gasteiger partial charge is 0.0461 e. The molecule has 3 aromatic carbocycles. The molecular weight excluding hydrogens is 355 g/mol. The molecule has 3 rings (SSSR count). The van der Waals surface area contributed by atoms with Crippen molar-refractivity contribution in [3.63, 3.8) is 0 Å². The molecule has 23 heavy (non-hydrogen) atoms. The van der Waals surface area contributed by atoms with E-state index >= 15 is 0 Å². The Balaban J connectivity index is 0.00000192. The van der Waals surface area contributed by atoms with Crippen LogP contribution in [-0.4, -0.2) is 0 Å². The number of rotatable bonds is 3. The summed E-state index contributed by atoms with van der Waals surface area (Å²) in [6.07, 6.45) is 0. The summed E-state index contributed by atoms with van der Waals surface area (Å²) in [6.45, 7) is 6.35. The molecule has 1 radical (unpaired) electrons. The van der Waals surface area contributed by atoms with Crippen molar-refractivity contribution in [2.75, 3.05) is 4.90 Å². The van der Waals surface area contributed by atoms with Gasteiger partial charge in [-0.1, -0.05) is 53.1 Å². The molecule has 0 N–H and O–H groups in total. The van der Waals surface area contributed by atoms with Gasteiger partial charge >= 0.3 is 0 Å². The van der Waals surface area contributed by atoms with Crippen LogP contribution in [0.4, 0.5) is 17.1 Å². The van der Waals surface area contributed by atoms with Crippen LogP contribution >= 0.6 is 0 Å². The van der Waals surface area contributed by atoms with E-state index in [2.05, 4.69) is 98.5 Å². The SMILES string of the molecule is Cc1ccc(N(c2ccc(C)cc2)c2ccc(C)cc2)cc1.[Y].